The summed E-state index contributed by atoms with van der Waals surface area (Å²) in [6.07, 6.45) is 0. The largest absolute Gasteiger partial charge is 0.397 e. The van der Waals surface area contributed by atoms with Crippen LogP contribution in [0.3, 0.4) is 0 Å². The highest BCUT2D eigenvalue weighted by Gasteiger charge is 2.03. The molecule has 1 rings (SSSR count). The molecule has 1 aromatic carbocycles. The Hall–Kier alpha value is -1.56. The summed E-state index contributed by atoms with van der Waals surface area (Å²) in [6.45, 7) is 1.67. The maximum atomic E-state index is 12.6. The highest BCUT2D eigenvalue weighted by atomic mass is 19.1. The zero-order valence-electron chi connectivity index (χ0n) is 6.06. The normalized spacial score (nSPS) is 9.18. The van der Waals surface area contributed by atoms with E-state index < -0.39 is 5.82 Å². The minimum absolute atomic E-state index is 0.197. The molecule has 0 heterocycles. The summed E-state index contributed by atoms with van der Waals surface area (Å²) in [7, 11) is 0. The van der Waals surface area contributed by atoms with Crippen LogP contribution in [0.4, 0.5) is 10.1 Å². The van der Waals surface area contributed by atoms with Crippen molar-refractivity contribution in [3.05, 3.63) is 29.1 Å². The minimum atomic E-state index is -0.423. The fourth-order valence-corrected chi connectivity index (χ4v) is 0.847. The van der Waals surface area contributed by atoms with Gasteiger partial charge in [0.1, 0.15) is 11.9 Å². The maximum Gasteiger partial charge on any atom is 0.124 e. The van der Waals surface area contributed by atoms with Crippen molar-refractivity contribution in [2.24, 2.45) is 0 Å². The number of nitrogens with zero attached hydrogens (tertiary/aromatic N) is 1. The van der Waals surface area contributed by atoms with Gasteiger partial charge in [-0.2, -0.15) is 5.26 Å². The molecule has 0 aliphatic carbocycles. The number of halogens is 1. The van der Waals surface area contributed by atoms with Crippen molar-refractivity contribution >= 4 is 5.69 Å². The molecule has 0 amide bonds. The Morgan fingerprint density at radius 2 is 2.18 bits per heavy atom. The van der Waals surface area contributed by atoms with Crippen LogP contribution in [0.15, 0.2) is 12.1 Å². The standard InChI is InChI=1S/C8H7FN2/c1-5-2-7(9)3-6(4-10)8(5)11/h2-3H,11H2,1H3. The fourth-order valence-electron chi connectivity index (χ4n) is 0.847. The quantitative estimate of drug-likeness (QED) is 0.571. The highest BCUT2D eigenvalue weighted by Crippen LogP contribution is 2.17. The SMILES string of the molecule is Cc1cc(F)cc(C#N)c1N. The zero-order valence-corrected chi connectivity index (χ0v) is 6.06. The molecule has 0 aliphatic heterocycles. The van der Waals surface area contributed by atoms with Crippen LogP contribution in [0.2, 0.25) is 0 Å². The average molecular weight is 150 g/mol. The lowest BCUT2D eigenvalue weighted by atomic mass is 10.1. The van der Waals surface area contributed by atoms with Gasteiger partial charge in [-0.05, 0) is 24.6 Å². The van der Waals surface area contributed by atoms with E-state index in [1.807, 2.05) is 6.07 Å². The summed E-state index contributed by atoms with van der Waals surface area (Å²) >= 11 is 0. The first-order valence-corrected chi connectivity index (χ1v) is 3.11. The minimum Gasteiger partial charge on any atom is -0.397 e. The highest BCUT2D eigenvalue weighted by molar-refractivity contribution is 5.58. The number of nitrogens with two attached hydrogens (primary N) is 1. The van der Waals surface area contributed by atoms with Gasteiger partial charge in [0.05, 0.1) is 11.3 Å². The molecule has 0 atom stereocenters. The Balaban J connectivity index is 3.39. The van der Waals surface area contributed by atoms with Gasteiger partial charge in [-0.1, -0.05) is 0 Å². The number of anilines is 1. The molecule has 0 bridgehead atoms. The van der Waals surface area contributed by atoms with Crippen molar-refractivity contribution in [3.8, 4) is 6.07 Å². The van der Waals surface area contributed by atoms with Crippen LogP contribution in [0.5, 0.6) is 0 Å². The number of rotatable bonds is 0. The first-order chi connectivity index (χ1) is 5.15. The number of aryl methyl sites for hydroxylation is 1. The van der Waals surface area contributed by atoms with Gasteiger partial charge in [-0.3, -0.25) is 0 Å². The molecule has 0 saturated heterocycles. The molecule has 2 nitrogen and oxygen atoms in total. The number of nitriles is 1. The molecule has 0 spiro atoms. The van der Waals surface area contributed by atoms with E-state index in [9.17, 15) is 4.39 Å². The topological polar surface area (TPSA) is 49.8 Å². The smallest absolute Gasteiger partial charge is 0.124 e. The molecule has 1 aromatic rings. The van der Waals surface area contributed by atoms with E-state index >= 15 is 0 Å². The monoisotopic (exact) mass is 150 g/mol. The Kier molecular flexibility index (Phi) is 1.77. The Morgan fingerprint density at radius 1 is 1.55 bits per heavy atom. The average Bonchev–Trinajstić information content (AvgIpc) is 1.96. The van der Waals surface area contributed by atoms with Crippen molar-refractivity contribution in [2.75, 3.05) is 5.73 Å². The van der Waals surface area contributed by atoms with Gasteiger partial charge in [-0.15, -0.1) is 0 Å². The zero-order chi connectivity index (χ0) is 8.43. The van der Waals surface area contributed by atoms with Gasteiger partial charge < -0.3 is 5.73 Å². The van der Waals surface area contributed by atoms with Crippen LogP contribution in [0, 0.1) is 24.1 Å². The molecule has 0 fully saturated rings. The molecule has 0 saturated carbocycles. The van der Waals surface area contributed by atoms with Gasteiger partial charge in [-0.25, -0.2) is 4.39 Å². The van der Waals surface area contributed by atoms with E-state index in [2.05, 4.69) is 0 Å². The molecular formula is C8H7FN2. The molecule has 0 unspecified atom stereocenters. The van der Waals surface area contributed by atoms with Crippen molar-refractivity contribution in [3.63, 3.8) is 0 Å². The van der Waals surface area contributed by atoms with Crippen molar-refractivity contribution in [2.45, 2.75) is 6.92 Å². The van der Waals surface area contributed by atoms with E-state index in [0.29, 0.717) is 11.3 Å². The van der Waals surface area contributed by atoms with E-state index in [4.69, 9.17) is 11.0 Å². The fraction of sp³-hybridized carbons (Fsp3) is 0.125. The lowest BCUT2D eigenvalue weighted by Gasteiger charge is -2.00. The molecule has 0 radical (unpaired) electrons. The number of benzene rings is 1. The van der Waals surface area contributed by atoms with Gasteiger partial charge >= 0.3 is 0 Å². The lowest BCUT2D eigenvalue weighted by molar-refractivity contribution is 0.626. The predicted molar refractivity (Wildman–Crippen MR) is 40.3 cm³/mol. The van der Waals surface area contributed by atoms with Gasteiger partial charge in [0.2, 0.25) is 0 Å². The van der Waals surface area contributed by atoms with Crippen LogP contribution >= 0.6 is 0 Å². The van der Waals surface area contributed by atoms with Gasteiger partial charge in [0.15, 0.2) is 0 Å². The molecule has 0 aliphatic rings. The summed E-state index contributed by atoms with van der Waals surface area (Å²) in [5, 5.41) is 8.47. The first kappa shape index (κ1) is 7.55. The van der Waals surface area contributed by atoms with Crippen molar-refractivity contribution in [1.29, 1.82) is 5.26 Å². The van der Waals surface area contributed by atoms with E-state index in [0.717, 1.165) is 6.07 Å². The summed E-state index contributed by atoms with van der Waals surface area (Å²) in [5.41, 5.74) is 6.62. The van der Waals surface area contributed by atoms with Crippen LogP contribution in [0.1, 0.15) is 11.1 Å². The summed E-state index contributed by atoms with van der Waals surface area (Å²) < 4.78 is 12.6. The third-order valence-corrected chi connectivity index (χ3v) is 1.47. The molecule has 0 aromatic heterocycles. The number of hydrogen-bond acceptors (Lipinski definition) is 2. The van der Waals surface area contributed by atoms with Crippen LogP contribution in [0.25, 0.3) is 0 Å². The molecular weight excluding hydrogens is 143 g/mol. The van der Waals surface area contributed by atoms with E-state index in [1.165, 1.54) is 6.07 Å². The third-order valence-electron chi connectivity index (χ3n) is 1.47. The van der Waals surface area contributed by atoms with E-state index in [-0.39, 0.29) is 5.56 Å². The third kappa shape index (κ3) is 1.30. The van der Waals surface area contributed by atoms with Crippen LogP contribution in [-0.4, -0.2) is 0 Å². The summed E-state index contributed by atoms with van der Waals surface area (Å²) in [5.74, 6) is -0.423. The Bertz CT molecular complexity index is 326. The number of hydrogen-bond donors (Lipinski definition) is 1. The summed E-state index contributed by atoms with van der Waals surface area (Å²) in [4.78, 5) is 0. The summed E-state index contributed by atoms with van der Waals surface area (Å²) in [6, 6.07) is 4.24. The van der Waals surface area contributed by atoms with Crippen LogP contribution < -0.4 is 5.73 Å². The molecule has 56 valence electrons. The second-order valence-corrected chi connectivity index (χ2v) is 2.30. The predicted octanol–water partition coefficient (Wildman–Crippen LogP) is 1.59. The van der Waals surface area contributed by atoms with Gasteiger partial charge in [0, 0.05) is 0 Å². The van der Waals surface area contributed by atoms with Crippen molar-refractivity contribution < 1.29 is 4.39 Å². The van der Waals surface area contributed by atoms with Crippen LogP contribution in [-0.2, 0) is 0 Å². The van der Waals surface area contributed by atoms with Crippen molar-refractivity contribution in [1.82, 2.24) is 0 Å². The Morgan fingerprint density at radius 3 is 2.73 bits per heavy atom. The lowest BCUT2D eigenvalue weighted by Crippen LogP contribution is -1.94. The number of nitrogen functional groups attached to an aromatic ring is 1. The second-order valence-electron chi connectivity index (χ2n) is 2.30. The first-order valence-electron chi connectivity index (χ1n) is 3.11. The Labute approximate surface area is 64.1 Å². The maximum absolute atomic E-state index is 12.6. The molecule has 11 heavy (non-hydrogen) atoms. The molecule has 3 heteroatoms. The molecule has 2 N–H and O–H groups in total. The van der Waals surface area contributed by atoms with E-state index in [1.54, 1.807) is 6.92 Å². The second kappa shape index (κ2) is 2.59. The van der Waals surface area contributed by atoms with Gasteiger partial charge in [0.25, 0.3) is 0 Å².